The molecule has 3 aromatic rings. The Labute approximate surface area is 174 Å². The minimum Gasteiger partial charge on any atom is -0.452 e. The molecule has 0 saturated heterocycles. The normalized spacial score (nSPS) is 10.9. The molecule has 0 bridgehead atoms. The van der Waals surface area contributed by atoms with Crippen LogP contribution >= 0.6 is 0 Å². The monoisotopic (exact) mass is 407 g/mol. The van der Waals surface area contributed by atoms with E-state index in [1.54, 1.807) is 23.7 Å². The van der Waals surface area contributed by atoms with Crippen molar-refractivity contribution in [2.75, 3.05) is 11.9 Å². The van der Waals surface area contributed by atoms with Crippen LogP contribution in [-0.2, 0) is 14.3 Å². The molecule has 1 heterocycles. The number of nitrogens with one attached hydrogen (secondary N) is 1. The summed E-state index contributed by atoms with van der Waals surface area (Å²) in [6.07, 6.45) is 2.38. The fourth-order valence-electron chi connectivity index (χ4n) is 2.89. The lowest BCUT2D eigenvalue weighted by molar-refractivity contribution is -0.142. The van der Waals surface area contributed by atoms with Gasteiger partial charge in [-0.1, -0.05) is 35.9 Å². The van der Waals surface area contributed by atoms with Gasteiger partial charge in [-0.05, 0) is 45.0 Å². The first kappa shape index (κ1) is 21.0. The average molecular weight is 407 g/mol. The highest BCUT2D eigenvalue weighted by Crippen LogP contribution is 2.23. The topological polar surface area (TPSA) is 73.2 Å². The van der Waals surface area contributed by atoms with Crippen LogP contribution in [0.25, 0.3) is 11.8 Å². The molecular formula is C23H22FN3O3. The number of carbonyl (C=O) groups excluding carboxylic acids is 2. The quantitative estimate of drug-likeness (QED) is 0.493. The number of esters is 1. The van der Waals surface area contributed by atoms with Crippen LogP contribution in [0.2, 0.25) is 0 Å². The number of rotatable bonds is 6. The summed E-state index contributed by atoms with van der Waals surface area (Å²) >= 11 is 0. The molecular weight excluding hydrogens is 385 g/mol. The zero-order chi connectivity index (χ0) is 21.7. The molecule has 0 spiro atoms. The van der Waals surface area contributed by atoms with Gasteiger partial charge in [0.25, 0.3) is 5.91 Å². The van der Waals surface area contributed by atoms with Crippen molar-refractivity contribution in [3.05, 3.63) is 82.9 Å². The zero-order valence-electron chi connectivity index (χ0n) is 17.0. The van der Waals surface area contributed by atoms with Gasteiger partial charge >= 0.3 is 5.97 Å². The number of amides is 1. The van der Waals surface area contributed by atoms with E-state index in [0.29, 0.717) is 11.4 Å². The number of aryl methyl sites for hydroxylation is 2. The maximum Gasteiger partial charge on any atom is 0.331 e. The van der Waals surface area contributed by atoms with E-state index in [9.17, 15) is 14.0 Å². The zero-order valence-corrected chi connectivity index (χ0v) is 17.0. The Hall–Kier alpha value is -3.74. The molecule has 0 aliphatic heterocycles. The van der Waals surface area contributed by atoms with Crippen LogP contribution in [0.3, 0.4) is 0 Å². The van der Waals surface area contributed by atoms with Crippen molar-refractivity contribution >= 4 is 23.6 Å². The van der Waals surface area contributed by atoms with Gasteiger partial charge in [-0.25, -0.2) is 13.9 Å². The van der Waals surface area contributed by atoms with E-state index in [2.05, 4.69) is 10.4 Å². The van der Waals surface area contributed by atoms with Gasteiger partial charge < -0.3 is 10.1 Å². The minimum absolute atomic E-state index is 0.258. The lowest BCUT2D eigenvalue weighted by Gasteiger charge is -2.07. The second kappa shape index (κ2) is 9.17. The van der Waals surface area contributed by atoms with Gasteiger partial charge in [-0.15, -0.1) is 0 Å². The summed E-state index contributed by atoms with van der Waals surface area (Å²) in [6.45, 7) is 5.17. The molecule has 0 saturated carbocycles. The Kier molecular flexibility index (Phi) is 6.41. The highest BCUT2D eigenvalue weighted by Gasteiger charge is 2.16. The van der Waals surface area contributed by atoms with Crippen LogP contribution in [0.5, 0.6) is 0 Å². The molecule has 1 amide bonds. The Morgan fingerprint density at radius 3 is 2.50 bits per heavy atom. The number of carbonyl (C=O) groups is 2. The molecule has 6 nitrogen and oxygen atoms in total. The number of hydrogen-bond donors (Lipinski definition) is 1. The summed E-state index contributed by atoms with van der Waals surface area (Å²) in [6, 6.07) is 13.9. The number of aromatic nitrogens is 2. The maximum atomic E-state index is 13.5. The maximum absolute atomic E-state index is 13.5. The Morgan fingerprint density at radius 1 is 1.10 bits per heavy atom. The molecule has 0 radical (unpaired) electrons. The Morgan fingerprint density at radius 2 is 1.80 bits per heavy atom. The lowest BCUT2D eigenvalue weighted by atomic mass is 10.2. The SMILES string of the molecule is Cc1ccc(-n2nc(C)c(NC(=O)COC(=O)/C=C/c3ccccc3F)c2C)cc1. The highest BCUT2D eigenvalue weighted by molar-refractivity contribution is 5.95. The fraction of sp³-hybridized carbons (Fsp3) is 0.174. The van der Waals surface area contributed by atoms with Crippen molar-refractivity contribution < 1.29 is 18.7 Å². The second-order valence-corrected chi connectivity index (χ2v) is 6.80. The van der Waals surface area contributed by atoms with Crippen LogP contribution in [0.15, 0.2) is 54.6 Å². The molecule has 0 atom stereocenters. The van der Waals surface area contributed by atoms with Crippen molar-refractivity contribution in [2.24, 2.45) is 0 Å². The summed E-state index contributed by atoms with van der Waals surface area (Å²) in [5.41, 5.74) is 4.25. The second-order valence-electron chi connectivity index (χ2n) is 6.80. The van der Waals surface area contributed by atoms with Crippen molar-refractivity contribution in [2.45, 2.75) is 20.8 Å². The van der Waals surface area contributed by atoms with Crippen molar-refractivity contribution in [1.29, 1.82) is 0 Å². The van der Waals surface area contributed by atoms with Crippen LogP contribution in [0, 0.1) is 26.6 Å². The Balaban J connectivity index is 1.60. The van der Waals surface area contributed by atoms with E-state index in [-0.39, 0.29) is 5.56 Å². The Bertz CT molecular complexity index is 1100. The largest absolute Gasteiger partial charge is 0.452 e. The third-order valence-corrected chi connectivity index (χ3v) is 4.48. The number of halogens is 1. The molecule has 0 aliphatic carbocycles. The number of benzene rings is 2. The summed E-state index contributed by atoms with van der Waals surface area (Å²) in [7, 11) is 0. The van der Waals surface area contributed by atoms with Crippen molar-refractivity contribution in [3.63, 3.8) is 0 Å². The molecule has 0 aliphatic rings. The molecule has 1 N–H and O–H groups in total. The van der Waals surface area contributed by atoms with E-state index in [1.807, 2.05) is 38.1 Å². The van der Waals surface area contributed by atoms with Gasteiger partial charge in [0, 0.05) is 11.6 Å². The number of ether oxygens (including phenoxy) is 1. The first-order chi connectivity index (χ1) is 14.3. The first-order valence-electron chi connectivity index (χ1n) is 9.37. The van der Waals surface area contributed by atoms with Crippen molar-refractivity contribution in [3.8, 4) is 5.69 Å². The minimum atomic E-state index is -0.739. The molecule has 2 aromatic carbocycles. The summed E-state index contributed by atoms with van der Waals surface area (Å²) in [4.78, 5) is 24.0. The van der Waals surface area contributed by atoms with Crippen molar-refractivity contribution in [1.82, 2.24) is 9.78 Å². The van der Waals surface area contributed by atoms with E-state index >= 15 is 0 Å². The highest BCUT2D eigenvalue weighted by atomic mass is 19.1. The predicted molar refractivity (Wildman–Crippen MR) is 113 cm³/mol. The summed E-state index contributed by atoms with van der Waals surface area (Å²) in [5.74, 6) is -1.68. The molecule has 1 aromatic heterocycles. The fourth-order valence-corrected chi connectivity index (χ4v) is 2.89. The van der Waals surface area contributed by atoms with E-state index in [0.717, 1.165) is 23.0 Å². The summed E-state index contributed by atoms with van der Waals surface area (Å²) in [5, 5.41) is 7.21. The van der Waals surface area contributed by atoms with E-state index in [1.165, 1.54) is 18.2 Å². The van der Waals surface area contributed by atoms with Crippen LogP contribution in [0.4, 0.5) is 10.1 Å². The number of nitrogens with zero attached hydrogens (tertiary/aromatic N) is 2. The molecule has 7 heteroatoms. The van der Waals surface area contributed by atoms with Crippen LogP contribution in [0.1, 0.15) is 22.5 Å². The van der Waals surface area contributed by atoms with Gasteiger partial charge in [-0.3, -0.25) is 4.79 Å². The summed E-state index contributed by atoms with van der Waals surface area (Å²) < 4.78 is 20.2. The molecule has 0 fully saturated rings. The first-order valence-corrected chi connectivity index (χ1v) is 9.37. The van der Waals surface area contributed by atoms with Gasteiger partial charge in [0.1, 0.15) is 5.82 Å². The molecule has 30 heavy (non-hydrogen) atoms. The van der Waals surface area contributed by atoms with Gasteiger partial charge in [0.05, 0.1) is 22.8 Å². The smallest absolute Gasteiger partial charge is 0.331 e. The molecule has 154 valence electrons. The van der Waals surface area contributed by atoms with Crippen LogP contribution < -0.4 is 5.32 Å². The number of anilines is 1. The third kappa shape index (κ3) is 5.00. The molecule has 0 unspecified atom stereocenters. The predicted octanol–water partition coefficient (Wildman–Crippen LogP) is 4.13. The third-order valence-electron chi connectivity index (χ3n) is 4.48. The standard InChI is InChI=1S/C23H22FN3O3/c1-15-8-11-19(12-9-15)27-17(3)23(16(2)26-27)25-21(28)14-30-22(29)13-10-18-6-4-5-7-20(18)24/h4-13H,14H2,1-3H3,(H,25,28)/b13-10+. The van der Waals surface area contributed by atoms with E-state index < -0.39 is 24.3 Å². The van der Waals surface area contributed by atoms with Gasteiger partial charge in [-0.2, -0.15) is 5.10 Å². The average Bonchev–Trinajstić information content (AvgIpc) is 3.00. The lowest BCUT2D eigenvalue weighted by Crippen LogP contribution is -2.20. The van der Waals surface area contributed by atoms with E-state index in [4.69, 9.17) is 4.74 Å². The van der Waals surface area contributed by atoms with Gasteiger partial charge in [0.2, 0.25) is 0 Å². The van der Waals surface area contributed by atoms with Crippen LogP contribution in [-0.4, -0.2) is 28.3 Å². The molecule has 3 rings (SSSR count). The van der Waals surface area contributed by atoms with Gasteiger partial charge in [0.15, 0.2) is 6.61 Å². The number of hydrogen-bond acceptors (Lipinski definition) is 4.